The van der Waals surface area contributed by atoms with Crippen LogP contribution in [0.15, 0.2) is 5.38 Å². The Bertz CT molecular complexity index is 267. The van der Waals surface area contributed by atoms with Crippen molar-refractivity contribution in [1.29, 1.82) is 0 Å². The Balaban J connectivity index is 2.75. The molecule has 0 amide bonds. The number of hydrogen-bond acceptors (Lipinski definition) is 2. The van der Waals surface area contributed by atoms with Crippen molar-refractivity contribution >= 4 is 11.3 Å². The first kappa shape index (κ1) is 8.29. The van der Waals surface area contributed by atoms with Crippen LogP contribution in [0.2, 0.25) is 0 Å². The van der Waals surface area contributed by atoms with Crippen molar-refractivity contribution in [2.24, 2.45) is 0 Å². The number of rotatable bonds is 2. The van der Waals surface area contributed by atoms with E-state index in [-0.39, 0.29) is 0 Å². The van der Waals surface area contributed by atoms with Crippen LogP contribution in [-0.4, -0.2) is 4.98 Å². The average Bonchev–Trinajstić information content (AvgIpc) is 2.37. The molecule has 0 fully saturated rings. The SMILES string of the molecule is C#C[CH]c1csc(C(C)C)n1. The third-order valence-electron chi connectivity index (χ3n) is 1.26. The van der Waals surface area contributed by atoms with Crippen molar-refractivity contribution in [3.8, 4) is 12.3 Å². The number of thiazole rings is 1. The lowest BCUT2D eigenvalue weighted by Crippen LogP contribution is -1.86. The predicted molar refractivity (Wildman–Crippen MR) is 48.4 cm³/mol. The van der Waals surface area contributed by atoms with Crippen LogP contribution in [0.1, 0.15) is 30.5 Å². The molecule has 1 radical (unpaired) electrons. The van der Waals surface area contributed by atoms with E-state index in [0.717, 1.165) is 10.7 Å². The van der Waals surface area contributed by atoms with Gasteiger partial charge in [-0.3, -0.25) is 0 Å². The second-order valence-corrected chi connectivity index (χ2v) is 3.47. The Kier molecular flexibility index (Phi) is 2.67. The van der Waals surface area contributed by atoms with E-state index in [4.69, 9.17) is 6.42 Å². The molecule has 1 heterocycles. The number of terminal acetylenes is 1. The van der Waals surface area contributed by atoms with Gasteiger partial charge in [-0.1, -0.05) is 19.8 Å². The lowest BCUT2D eigenvalue weighted by molar-refractivity contribution is 0.849. The maximum Gasteiger partial charge on any atom is 0.0954 e. The zero-order chi connectivity index (χ0) is 8.27. The standard InChI is InChI=1S/C9H10NS/c1-4-5-8-6-11-9(10-8)7(2)3/h1,5-7H,2-3H3. The van der Waals surface area contributed by atoms with E-state index >= 15 is 0 Å². The highest BCUT2D eigenvalue weighted by Crippen LogP contribution is 2.19. The molecule has 1 rings (SSSR count). The van der Waals surface area contributed by atoms with Gasteiger partial charge in [-0.2, -0.15) is 0 Å². The van der Waals surface area contributed by atoms with Gasteiger partial charge in [0, 0.05) is 11.3 Å². The van der Waals surface area contributed by atoms with Gasteiger partial charge < -0.3 is 0 Å². The summed E-state index contributed by atoms with van der Waals surface area (Å²) in [7, 11) is 0. The maximum atomic E-state index is 5.10. The molecule has 0 aliphatic carbocycles. The minimum atomic E-state index is 0.500. The van der Waals surface area contributed by atoms with Crippen LogP contribution in [0.5, 0.6) is 0 Å². The minimum Gasteiger partial charge on any atom is -0.245 e. The highest BCUT2D eigenvalue weighted by molar-refractivity contribution is 7.09. The second-order valence-electron chi connectivity index (χ2n) is 2.58. The van der Waals surface area contributed by atoms with Crippen LogP contribution >= 0.6 is 11.3 Å². The molecule has 1 aromatic rings. The molecule has 0 unspecified atom stereocenters. The highest BCUT2D eigenvalue weighted by Gasteiger charge is 2.03. The van der Waals surface area contributed by atoms with Gasteiger partial charge in [0.05, 0.1) is 17.1 Å². The quantitative estimate of drug-likeness (QED) is 0.612. The fraction of sp³-hybridized carbons (Fsp3) is 0.333. The topological polar surface area (TPSA) is 12.9 Å². The van der Waals surface area contributed by atoms with Gasteiger partial charge in [0.1, 0.15) is 0 Å². The minimum absolute atomic E-state index is 0.500. The van der Waals surface area contributed by atoms with Gasteiger partial charge in [0.15, 0.2) is 0 Å². The van der Waals surface area contributed by atoms with Gasteiger partial charge >= 0.3 is 0 Å². The molecule has 0 saturated heterocycles. The van der Waals surface area contributed by atoms with E-state index in [9.17, 15) is 0 Å². The smallest absolute Gasteiger partial charge is 0.0954 e. The van der Waals surface area contributed by atoms with Crippen LogP contribution in [0.4, 0.5) is 0 Å². The van der Waals surface area contributed by atoms with Crippen LogP contribution in [0.3, 0.4) is 0 Å². The fourth-order valence-electron chi connectivity index (χ4n) is 0.718. The Hall–Kier alpha value is -0.810. The molecule has 0 N–H and O–H groups in total. The molecule has 0 bridgehead atoms. The van der Waals surface area contributed by atoms with Crippen molar-refractivity contribution in [2.45, 2.75) is 19.8 Å². The summed E-state index contributed by atoms with van der Waals surface area (Å²) in [6.45, 7) is 4.25. The maximum absolute atomic E-state index is 5.10. The van der Waals surface area contributed by atoms with E-state index < -0.39 is 0 Å². The van der Waals surface area contributed by atoms with Crippen LogP contribution < -0.4 is 0 Å². The zero-order valence-electron chi connectivity index (χ0n) is 6.66. The van der Waals surface area contributed by atoms with Crippen molar-refractivity contribution in [3.63, 3.8) is 0 Å². The summed E-state index contributed by atoms with van der Waals surface area (Å²) in [5.41, 5.74) is 0.904. The molecular formula is C9H10NS. The number of hydrogen-bond donors (Lipinski definition) is 0. The van der Waals surface area contributed by atoms with Gasteiger partial charge in [-0.15, -0.1) is 17.8 Å². The second kappa shape index (κ2) is 3.54. The molecule has 1 aromatic heterocycles. The first-order chi connectivity index (χ1) is 5.24. The summed E-state index contributed by atoms with van der Waals surface area (Å²) in [6, 6.07) is 0. The molecule has 11 heavy (non-hydrogen) atoms. The van der Waals surface area contributed by atoms with Crippen molar-refractivity contribution in [1.82, 2.24) is 4.98 Å². The highest BCUT2D eigenvalue weighted by atomic mass is 32.1. The van der Waals surface area contributed by atoms with Gasteiger partial charge in [0.2, 0.25) is 0 Å². The molecule has 57 valence electrons. The van der Waals surface area contributed by atoms with Gasteiger partial charge in [-0.25, -0.2) is 4.98 Å². The zero-order valence-corrected chi connectivity index (χ0v) is 7.48. The monoisotopic (exact) mass is 164 g/mol. The van der Waals surface area contributed by atoms with Crippen molar-refractivity contribution in [3.05, 3.63) is 22.5 Å². The molecule has 0 atom stereocenters. The summed E-state index contributed by atoms with van der Waals surface area (Å²) in [5, 5.41) is 3.13. The summed E-state index contributed by atoms with van der Waals surface area (Å²) < 4.78 is 0. The third kappa shape index (κ3) is 2.06. The van der Waals surface area contributed by atoms with Crippen LogP contribution in [-0.2, 0) is 0 Å². The Morgan fingerprint density at radius 1 is 1.73 bits per heavy atom. The Morgan fingerprint density at radius 2 is 2.45 bits per heavy atom. The predicted octanol–water partition coefficient (Wildman–Crippen LogP) is 2.45. The summed E-state index contributed by atoms with van der Waals surface area (Å²) in [5.74, 6) is 2.96. The third-order valence-corrected chi connectivity index (χ3v) is 2.43. The molecule has 0 spiro atoms. The Morgan fingerprint density at radius 3 is 2.91 bits per heavy atom. The molecule has 0 aromatic carbocycles. The fourth-order valence-corrected chi connectivity index (χ4v) is 1.51. The molecule has 1 nitrogen and oxygen atoms in total. The molecule has 0 aliphatic heterocycles. The van der Waals surface area contributed by atoms with Gasteiger partial charge in [0.25, 0.3) is 0 Å². The van der Waals surface area contributed by atoms with E-state index in [1.54, 1.807) is 17.8 Å². The van der Waals surface area contributed by atoms with E-state index in [1.165, 1.54) is 0 Å². The first-order valence-electron chi connectivity index (χ1n) is 3.49. The summed E-state index contributed by atoms with van der Waals surface area (Å²) in [6.07, 6.45) is 6.79. The molecule has 0 aliphatic rings. The van der Waals surface area contributed by atoms with Crippen LogP contribution in [0, 0.1) is 18.8 Å². The number of aromatic nitrogens is 1. The van der Waals surface area contributed by atoms with E-state index in [1.807, 2.05) is 5.38 Å². The Labute approximate surface area is 71.5 Å². The average molecular weight is 164 g/mol. The summed E-state index contributed by atoms with van der Waals surface area (Å²) in [4.78, 5) is 4.32. The lowest BCUT2D eigenvalue weighted by Gasteiger charge is -1.95. The lowest BCUT2D eigenvalue weighted by atomic mass is 10.2. The molecule has 0 saturated carbocycles. The van der Waals surface area contributed by atoms with E-state index in [0.29, 0.717) is 5.92 Å². The van der Waals surface area contributed by atoms with Gasteiger partial charge in [-0.05, 0) is 0 Å². The number of nitrogens with zero attached hydrogens (tertiary/aromatic N) is 1. The normalized spacial score (nSPS) is 10.0. The largest absolute Gasteiger partial charge is 0.245 e. The van der Waals surface area contributed by atoms with Crippen molar-refractivity contribution in [2.75, 3.05) is 0 Å². The van der Waals surface area contributed by atoms with Crippen molar-refractivity contribution < 1.29 is 0 Å². The first-order valence-corrected chi connectivity index (χ1v) is 4.36. The van der Waals surface area contributed by atoms with E-state index in [2.05, 4.69) is 24.8 Å². The van der Waals surface area contributed by atoms with Crippen LogP contribution in [0.25, 0.3) is 0 Å². The molecular weight excluding hydrogens is 154 g/mol. The molecule has 2 heteroatoms. The summed E-state index contributed by atoms with van der Waals surface area (Å²) >= 11 is 1.66.